The van der Waals surface area contributed by atoms with Gasteiger partial charge >= 0.3 is 0 Å². The molecule has 1 N–H and O–H groups in total. The molecule has 0 aliphatic rings. The molecule has 1 aromatic carbocycles. The second kappa shape index (κ2) is 3.42. The lowest BCUT2D eigenvalue weighted by atomic mass is 10.2. The first-order valence-corrected chi connectivity index (χ1v) is 4.75. The molecule has 1 heterocycles. The Morgan fingerprint density at radius 1 is 1.43 bits per heavy atom. The zero-order valence-corrected chi connectivity index (χ0v) is 8.66. The third kappa shape index (κ3) is 1.51. The predicted octanol–water partition coefficient (Wildman–Crippen LogP) is 2.42. The number of oxazole rings is 1. The van der Waals surface area contributed by atoms with Crippen LogP contribution in [0.3, 0.4) is 0 Å². The lowest BCUT2D eigenvalue weighted by molar-refractivity contribution is 0.456. The Balaban J connectivity index is 2.51. The molecule has 14 heavy (non-hydrogen) atoms. The van der Waals surface area contributed by atoms with Crippen molar-refractivity contribution in [3.63, 3.8) is 0 Å². The van der Waals surface area contributed by atoms with Crippen molar-refractivity contribution in [2.45, 2.75) is 19.9 Å². The van der Waals surface area contributed by atoms with E-state index in [4.69, 9.17) is 4.42 Å². The Morgan fingerprint density at radius 2 is 2.21 bits per heavy atom. The summed E-state index contributed by atoms with van der Waals surface area (Å²) in [5, 5.41) is 3.10. The lowest BCUT2D eigenvalue weighted by Crippen LogP contribution is -2.12. The first-order chi connectivity index (χ1) is 6.70. The van der Waals surface area contributed by atoms with Crippen molar-refractivity contribution >= 4 is 11.1 Å². The summed E-state index contributed by atoms with van der Waals surface area (Å²) in [4.78, 5) is 4.40. The van der Waals surface area contributed by atoms with Crippen LogP contribution in [0.1, 0.15) is 24.4 Å². The summed E-state index contributed by atoms with van der Waals surface area (Å²) in [6, 6.07) is 6.19. The highest BCUT2D eigenvalue weighted by Crippen LogP contribution is 2.20. The van der Waals surface area contributed by atoms with Crippen LogP contribution in [0.2, 0.25) is 0 Å². The van der Waals surface area contributed by atoms with Gasteiger partial charge in [-0.25, -0.2) is 4.98 Å². The molecule has 1 unspecified atom stereocenters. The van der Waals surface area contributed by atoms with Crippen LogP contribution in [-0.4, -0.2) is 12.0 Å². The monoisotopic (exact) mass is 190 g/mol. The van der Waals surface area contributed by atoms with Crippen LogP contribution in [0.5, 0.6) is 0 Å². The van der Waals surface area contributed by atoms with E-state index in [0.717, 1.165) is 17.0 Å². The van der Waals surface area contributed by atoms with E-state index in [9.17, 15) is 0 Å². The van der Waals surface area contributed by atoms with E-state index in [0.29, 0.717) is 0 Å². The van der Waals surface area contributed by atoms with Gasteiger partial charge in [-0.05, 0) is 38.6 Å². The molecule has 0 amide bonds. The van der Waals surface area contributed by atoms with Crippen LogP contribution >= 0.6 is 0 Å². The fourth-order valence-electron chi connectivity index (χ4n) is 1.36. The van der Waals surface area contributed by atoms with Crippen molar-refractivity contribution in [2.24, 2.45) is 0 Å². The number of benzene rings is 1. The molecule has 0 saturated carbocycles. The van der Waals surface area contributed by atoms with Crippen molar-refractivity contribution < 1.29 is 4.42 Å². The minimum absolute atomic E-state index is 0.155. The summed E-state index contributed by atoms with van der Waals surface area (Å²) >= 11 is 0. The first kappa shape index (κ1) is 9.21. The Labute approximate surface area is 83.1 Å². The van der Waals surface area contributed by atoms with E-state index in [-0.39, 0.29) is 6.04 Å². The van der Waals surface area contributed by atoms with Crippen LogP contribution in [-0.2, 0) is 0 Å². The molecule has 0 aliphatic heterocycles. The predicted molar refractivity (Wildman–Crippen MR) is 56.2 cm³/mol. The fraction of sp³-hybridized carbons (Fsp3) is 0.364. The smallest absolute Gasteiger partial charge is 0.212 e. The van der Waals surface area contributed by atoms with Gasteiger partial charge in [-0.3, -0.25) is 0 Å². The van der Waals surface area contributed by atoms with Crippen molar-refractivity contribution in [1.29, 1.82) is 0 Å². The van der Waals surface area contributed by atoms with Crippen molar-refractivity contribution in [3.05, 3.63) is 29.7 Å². The SMILES string of the molecule is CNC(C)c1nc2ccc(C)cc2o1. The number of nitrogens with zero attached hydrogens (tertiary/aromatic N) is 1. The topological polar surface area (TPSA) is 38.1 Å². The van der Waals surface area contributed by atoms with Crippen molar-refractivity contribution in [1.82, 2.24) is 10.3 Å². The molecule has 0 bridgehead atoms. The van der Waals surface area contributed by atoms with Crippen LogP contribution in [0.4, 0.5) is 0 Å². The normalized spacial score (nSPS) is 13.4. The maximum absolute atomic E-state index is 5.63. The number of rotatable bonds is 2. The summed E-state index contributed by atoms with van der Waals surface area (Å²) in [7, 11) is 1.89. The zero-order valence-electron chi connectivity index (χ0n) is 8.66. The summed E-state index contributed by atoms with van der Waals surface area (Å²) < 4.78 is 5.63. The van der Waals surface area contributed by atoms with Gasteiger partial charge in [0.05, 0.1) is 6.04 Å². The van der Waals surface area contributed by atoms with Crippen LogP contribution in [0.25, 0.3) is 11.1 Å². The van der Waals surface area contributed by atoms with E-state index in [1.165, 1.54) is 5.56 Å². The molecule has 0 spiro atoms. The average molecular weight is 190 g/mol. The van der Waals surface area contributed by atoms with Gasteiger partial charge in [0.2, 0.25) is 5.89 Å². The van der Waals surface area contributed by atoms with Crippen LogP contribution in [0, 0.1) is 6.92 Å². The first-order valence-electron chi connectivity index (χ1n) is 4.75. The summed E-state index contributed by atoms with van der Waals surface area (Å²) in [5.74, 6) is 0.744. The molecule has 0 fully saturated rings. The molecular formula is C11H14N2O. The second-order valence-electron chi connectivity index (χ2n) is 3.53. The van der Waals surface area contributed by atoms with Gasteiger partial charge in [0, 0.05) is 0 Å². The Hall–Kier alpha value is -1.35. The van der Waals surface area contributed by atoms with E-state index in [1.807, 2.05) is 39.1 Å². The Bertz CT molecular complexity index is 447. The molecule has 0 radical (unpaired) electrons. The summed E-state index contributed by atoms with van der Waals surface area (Å²) in [5.41, 5.74) is 2.98. The standard InChI is InChI=1S/C11H14N2O/c1-7-4-5-9-10(6-7)14-11(13-9)8(2)12-3/h4-6,8,12H,1-3H3. The molecule has 74 valence electrons. The third-order valence-corrected chi connectivity index (χ3v) is 2.36. The molecule has 3 nitrogen and oxygen atoms in total. The van der Waals surface area contributed by atoms with Crippen LogP contribution in [0.15, 0.2) is 22.6 Å². The molecule has 2 aromatic rings. The van der Waals surface area contributed by atoms with Gasteiger partial charge in [-0.1, -0.05) is 6.07 Å². The van der Waals surface area contributed by atoms with E-state index in [1.54, 1.807) is 0 Å². The van der Waals surface area contributed by atoms with Gasteiger partial charge < -0.3 is 9.73 Å². The minimum atomic E-state index is 0.155. The number of fused-ring (bicyclic) bond motifs is 1. The van der Waals surface area contributed by atoms with Crippen molar-refractivity contribution in [2.75, 3.05) is 7.05 Å². The highest BCUT2D eigenvalue weighted by molar-refractivity contribution is 5.73. The fourth-order valence-corrected chi connectivity index (χ4v) is 1.36. The van der Waals surface area contributed by atoms with Gasteiger partial charge in [0.25, 0.3) is 0 Å². The lowest BCUT2D eigenvalue weighted by Gasteiger charge is -2.02. The quantitative estimate of drug-likeness (QED) is 0.790. The Kier molecular flexibility index (Phi) is 2.25. The van der Waals surface area contributed by atoms with Gasteiger partial charge in [0.1, 0.15) is 5.52 Å². The second-order valence-corrected chi connectivity index (χ2v) is 3.53. The number of aryl methyl sites for hydroxylation is 1. The molecule has 0 saturated heterocycles. The Morgan fingerprint density at radius 3 is 2.93 bits per heavy atom. The molecule has 1 atom stereocenters. The molecule has 2 rings (SSSR count). The minimum Gasteiger partial charge on any atom is -0.439 e. The molecular weight excluding hydrogens is 176 g/mol. The maximum atomic E-state index is 5.63. The summed E-state index contributed by atoms with van der Waals surface area (Å²) in [6.07, 6.45) is 0. The third-order valence-electron chi connectivity index (χ3n) is 2.36. The van der Waals surface area contributed by atoms with Gasteiger partial charge in [-0.15, -0.1) is 0 Å². The number of aromatic nitrogens is 1. The maximum Gasteiger partial charge on any atom is 0.212 e. The number of nitrogens with one attached hydrogen (secondary N) is 1. The highest BCUT2D eigenvalue weighted by Gasteiger charge is 2.10. The number of hydrogen-bond donors (Lipinski definition) is 1. The van der Waals surface area contributed by atoms with Gasteiger partial charge in [0.15, 0.2) is 5.58 Å². The molecule has 0 aliphatic carbocycles. The van der Waals surface area contributed by atoms with E-state index < -0.39 is 0 Å². The largest absolute Gasteiger partial charge is 0.439 e. The summed E-state index contributed by atoms with van der Waals surface area (Å²) in [6.45, 7) is 4.07. The molecule has 1 aromatic heterocycles. The number of hydrogen-bond acceptors (Lipinski definition) is 3. The van der Waals surface area contributed by atoms with E-state index >= 15 is 0 Å². The van der Waals surface area contributed by atoms with Crippen LogP contribution < -0.4 is 5.32 Å². The highest BCUT2D eigenvalue weighted by atomic mass is 16.3. The molecule has 3 heteroatoms. The van der Waals surface area contributed by atoms with Gasteiger partial charge in [-0.2, -0.15) is 0 Å². The average Bonchev–Trinajstić information content (AvgIpc) is 2.59. The van der Waals surface area contributed by atoms with Crippen molar-refractivity contribution in [3.8, 4) is 0 Å². The zero-order chi connectivity index (χ0) is 10.1. The van der Waals surface area contributed by atoms with E-state index in [2.05, 4.69) is 10.3 Å².